The molecule has 0 aliphatic carbocycles. The second-order valence-electron chi connectivity index (χ2n) is 22.0. The number of hydrogen-bond acceptors (Lipinski definition) is 36. The molecule has 107 heavy (non-hydrogen) atoms. The van der Waals surface area contributed by atoms with E-state index in [-0.39, 0.29) is 177 Å². The van der Waals surface area contributed by atoms with Gasteiger partial charge < -0.3 is 97.7 Å². The molecule has 49 heteroatoms. The summed E-state index contributed by atoms with van der Waals surface area (Å²) in [6.45, 7) is 1.85. The number of hydrazine groups is 1. The Kier molecular flexibility index (Phi) is 26.9. The molecule has 0 saturated heterocycles. The van der Waals surface area contributed by atoms with E-state index in [0.717, 1.165) is 0 Å². The van der Waals surface area contributed by atoms with Crippen LogP contribution in [0.15, 0.2) is 69.6 Å². The van der Waals surface area contributed by atoms with Crippen molar-refractivity contribution in [2.75, 3.05) is 134 Å². The number of furan rings is 2. The summed E-state index contributed by atoms with van der Waals surface area (Å²) in [6, 6.07) is 6.63. The normalized spacial score (nSPS) is 11.3. The van der Waals surface area contributed by atoms with Gasteiger partial charge in [0.25, 0.3) is 0 Å². The van der Waals surface area contributed by atoms with Gasteiger partial charge in [-0.3, -0.25) is 45.9 Å². The number of halogens is 2. The van der Waals surface area contributed by atoms with Crippen molar-refractivity contribution in [3.8, 4) is 11.6 Å². The van der Waals surface area contributed by atoms with Crippen LogP contribution in [0.1, 0.15) is 10.6 Å². The van der Waals surface area contributed by atoms with E-state index in [2.05, 4.69) is 70.7 Å². The molecule has 0 bridgehead atoms. The number of H-pyrrole nitrogens is 1. The first-order chi connectivity index (χ1) is 51.6. The molecular formula is C58H76Cl2N30O17. The van der Waals surface area contributed by atoms with Gasteiger partial charge in [0.15, 0.2) is 67.3 Å². The standard InChI is InChI=1S/C16H20N6O5.C15H17N7O4.C10H14ClN5O3.C10H17N7O3.C7H8ClN5O2/c1-26-8-5-21-12-13(18-9-10(24)11-3-2-7-27-11)19-15(17)20-14(12)22(4-6-23)16(21)25;1-25-8-5-20-10-12(21(4-6-23)15(20)24)18-14(16)22-13(10)17-11(19-22)9-3-2-7-26-9;1-19-5-3-15-6-7(11)13-9(12)14-8(6)16(2-4-17)10(15)18;1-20-5-3-16-6-7(15-12)13-9(11)14-8(6)17(2-4-18)10(16)19;8-4-3-5(12-6(9)11-4)13(1-2-14)7(15)10-3/h2-3,7,23H,4-6,8-9H2,1H3,(H3,17,18,19,20);2-3,7,23H,4-6,8H2,1H3,(H2,16,18);17H,2-5H2,1H3,(H2,12,13,14);18H,2-5,12H2,1H3,(H3,11,13,14,15);14H,1-2H2,(H,10,15)(H2,9,11,12). The summed E-state index contributed by atoms with van der Waals surface area (Å²) in [4.78, 5) is 117. The van der Waals surface area contributed by atoms with E-state index in [1.54, 1.807) is 31.4 Å². The molecule has 20 N–H and O–H groups in total. The average molecular weight is 1540 g/mol. The van der Waals surface area contributed by atoms with Gasteiger partial charge in [-0.25, -0.2) is 34.8 Å². The molecule has 0 radical (unpaired) electrons. The van der Waals surface area contributed by atoms with Gasteiger partial charge in [0, 0.05) is 28.4 Å². The third-order valence-electron chi connectivity index (χ3n) is 15.4. The molecule has 13 heterocycles. The van der Waals surface area contributed by atoms with Gasteiger partial charge in [0.1, 0.15) is 27.6 Å². The first-order valence-electron chi connectivity index (χ1n) is 31.9. The Morgan fingerprint density at radius 3 is 1.35 bits per heavy atom. The Morgan fingerprint density at radius 2 is 0.888 bits per heavy atom. The lowest BCUT2D eigenvalue weighted by atomic mass is 10.3. The number of methoxy groups -OCH3 is 4. The second-order valence-corrected chi connectivity index (χ2v) is 22.7. The Balaban J connectivity index is 0.000000157. The molecule has 0 atom stereocenters. The number of fused-ring (bicyclic) bond motifs is 7. The molecule has 13 aromatic heterocycles. The molecule has 0 amide bonds. The number of Topliss-reactive ketones (excluding diaryl/α,β-unsaturated/α-hetero) is 1. The Labute approximate surface area is 608 Å². The Hall–Kier alpha value is -11.8. The third-order valence-corrected chi connectivity index (χ3v) is 15.9. The summed E-state index contributed by atoms with van der Waals surface area (Å²) in [5, 5.41) is 52.9. The molecule has 0 spiro atoms. The van der Waals surface area contributed by atoms with E-state index < -0.39 is 5.69 Å². The molecular weight excluding hydrogens is 1460 g/mol. The fourth-order valence-corrected chi connectivity index (χ4v) is 11.3. The first kappa shape index (κ1) is 79.3. The minimum Gasteiger partial charge on any atom is -0.461 e. The highest BCUT2D eigenvalue weighted by atomic mass is 35.5. The van der Waals surface area contributed by atoms with Crippen molar-refractivity contribution >= 4 is 132 Å². The van der Waals surface area contributed by atoms with Crippen molar-refractivity contribution in [1.82, 2.24) is 106 Å². The van der Waals surface area contributed by atoms with Crippen molar-refractivity contribution in [2.45, 2.75) is 58.9 Å². The number of ether oxygens (including phenoxy) is 4. The number of aliphatic hydroxyl groups is 5. The first-order valence-corrected chi connectivity index (χ1v) is 32.7. The van der Waals surface area contributed by atoms with E-state index in [4.69, 9.17) is 101 Å². The highest BCUT2D eigenvalue weighted by Crippen LogP contribution is 2.27. The Morgan fingerprint density at radius 1 is 0.477 bits per heavy atom. The number of imidazole rings is 5. The summed E-state index contributed by atoms with van der Waals surface area (Å²) in [6.07, 6.45) is 2.93. The summed E-state index contributed by atoms with van der Waals surface area (Å²) in [7, 11) is 6.14. The summed E-state index contributed by atoms with van der Waals surface area (Å²) >= 11 is 11.8. The van der Waals surface area contributed by atoms with Crippen molar-refractivity contribution in [1.29, 1.82) is 0 Å². The van der Waals surface area contributed by atoms with Gasteiger partial charge in [-0.2, -0.15) is 49.4 Å². The van der Waals surface area contributed by atoms with Gasteiger partial charge in [0.2, 0.25) is 41.3 Å². The maximum atomic E-state index is 12.8. The fraction of sp³-hybridized carbons (Fsp3) is 0.397. The van der Waals surface area contributed by atoms with Crippen LogP contribution in [0, 0.1) is 0 Å². The van der Waals surface area contributed by atoms with Crippen LogP contribution < -0.4 is 73.7 Å². The van der Waals surface area contributed by atoms with Gasteiger partial charge in [-0.15, -0.1) is 5.10 Å². The number of hydrogen-bond donors (Lipinski definition) is 14. The third kappa shape index (κ3) is 17.1. The van der Waals surface area contributed by atoms with Crippen LogP contribution in [0.5, 0.6) is 0 Å². The zero-order valence-electron chi connectivity index (χ0n) is 57.6. The largest absolute Gasteiger partial charge is 0.461 e. The van der Waals surface area contributed by atoms with Gasteiger partial charge >= 0.3 is 28.4 Å². The lowest BCUT2D eigenvalue weighted by Crippen LogP contribution is -2.27. The molecule has 0 aliphatic heterocycles. The molecule has 0 fully saturated rings. The van der Waals surface area contributed by atoms with Crippen LogP contribution in [0.4, 0.5) is 41.4 Å². The number of rotatable bonds is 28. The van der Waals surface area contributed by atoms with E-state index in [0.29, 0.717) is 107 Å². The maximum Gasteiger partial charge on any atom is 0.330 e. The van der Waals surface area contributed by atoms with E-state index in [1.807, 2.05) is 0 Å². The van der Waals surface area contributed by atoms with E-state index in [9.17, 15) is 39.0 Å². The van der Waals surface area contributed by atoms with Gasteiger partial charge in [-0.05, 0) is 24.3 Å². The van der Waals surface area contributed by atoms with Crippen LogP contribution in [-0.2, 0) is 77.9 Å². The quantitative estimate of drug-likeness (QED) is 0.00973. The zero-order valence-corrected chi connectivity index (χ0v) is 59.2. The number of aliphatic hydroxyl groups excluding tert-OH is 5. The minimum atomic E-state index is -0.402. The van der Waals surface area contributed by atoms with Crippen LogP contribution in [0.2, 0.25) is 10.3 Å². The maximum absolute atomic E-state index is 12.8. The minimum absolute atomic E-state index is 0.0129. The van der Waals surface area contributed by atoms with Crippen molar-refractivity contribution in [3.63, 3.8) is 0 Å². The van der Waals surface area contributed by atoms with Gasteiger partial charge in [-0.1, -0.05) is 23.2 Å². The van der Waals surface area contributed by atoms with Crippen LogP contribution in [0.25, 0.3) is 73.1 Å². The topological polar surface area (TPSA) is 653 Å². The number of ketones is 1. The number of anilines is 7. The number of aromatic amines is 1. The molecule has 0 unspecified atom stereocenters. The van der Waals surface area contributed by atoms with Crippen molar-refractivity contribution in [2.24, 2.45) is 5.84 Å². The monoisotopic (exact) mass is 1530 g/mol. The van der Waals surface area contributed by atoms with Crippen LogP contribution >= 0.6 is 23.2 Å². The number of aromatic nitrogens is 22. The second kappa shape index (κ2) is 36.3. The number of carbonyl (C=O) groups is 1. The molecule has 13 aromatic rings. The predicted octanol–water partition coefficient (Wildman–Crippen LogP) is -3.66. The highest BCUT2D eigenvalue weighted by molar-refractivity contribution is 6.34. The highest BCUT2D eigenvalue weighted by Gasteiger charge is 2.26. The Bertz CT molecular complexity index is 5530. The summed E-state index contributed by atoms with van der Waals surface area (Å²) in [5.41, 5.74) is 32.9. The molecule has 0 aromatic carbocycles. The molecule has 0 saturated carbocycles. The SMILES string of the molecule is COCCn1c(=O)n(CCO)c2nc(N)n3nc(-c4ccco4)nc3c21.COCCn1c(=O)n(CCO)c2nc(N)nc(Cl)c21.COCCn1c(=O)n(CCO)c2nc(N)nc(NCC(=O)c3ccco3)c21.COCCn1c(=O)n(CCO)c2nc(N)nc(NN)c21.Nc1nc(Cl)c2[nH]c(=O)n(CCO)c2n1. The number of nitrogens with zero attached hydrogens (tertiary/aromatic N) is 21. The van der Waals surface area contributed by atoms with E-state index >= 15 is 0 Å². The van der Waals surface area contributed by atoms with Gasteiger partial charge in [0.05, 0.1) is 137 Å². The lowest BCUT2D eigenvalue weighted by Gasteiger charge is -2.09. The van der Waals surface area contributed by atoms with Crippen molar-refractivity contribution < 1.29 is 58.1 Å². The molecule has 47 nitrogen and oxygen atoms in total. The average Bonchev–Trinajstić information content (AvgIpc) is 1.58. The fourth-order valence-electron chi connectivity index (χ4n) is 10.8. The van der Waals surface area contributed by atoms with Crippen LogP contribution in [0.3, 0.4) is 0 Å². The van der Waals surface area contributed by atoms with Crippen LogP contribution in [-0.4, -0.2) is 231 Å². The number of nitrogens with two attached hydrogens (primary N) is 6. The van der Waals surface area contributed by atoms with E-state index in [1.165, 1.54) is 79.5 Å². The predicted molar refractivity (Wildman–Crippen MR) is 386 cm³/mol. The number of nitrogen functional groups attached to an aromatic ring is 6. The number of nitrogens with one attached hydrogen (secondary N) is 3. The lowest BCUT2D eigenvalue weighted by molar-refractivity contribution is 0.0979. The number of carbonyl (C=O) groups excluding carboxylic acids is 1. The summed E-state index contributed by atoms with van der Waals surface area (Å²) in [5.74, 6) is 6.59. The molecule has 574 valence electrons. The van der Waals surface area contributed by atoms with Crippen molar-refractivity contribution in [3.05, 3.63) is 105 Å². The summed E-state index contributed by atoms with van der Waals surface area (Å²) < 4.78 is 44.2. The smallest absolute Gasteiger partial charge is 0.330 e. The molecule has 13 rings (SSSR count). The molecule has 0 aliphatic rings. The zero-order chi connectivity index (χ0) is 77.3.